The van der Waals surface area contributed by atoms with E-state index in [0.29, 0.717) is 30.8 Å². The van der Waals surface area contributed by atoms with Gasteiger partial charge >= 0.3 is 0 Å². The minimum absolute atomic E-state index is 0.133. The molecule has 0 aliphatic rings. The molecule has 2 rings (SSSR count). The number of nitrogens with one attached hydrogen (secondary N) is 1. The molecule has 0 saturated carbocycles. The van der Waals surface area contributed by atoms with Crippen LogP contribution in [0.5, 0.6) is 11.8 Å². The van der Waals surface area contributed by atoms with Gasteiger partial charge in [0.15, 0.2) is 5.69 Å². The molecule has 0 aliphatic carbocycles. The van der Waals surface area contributed by atoms with Gasteiger partial charge in [0.25, 0.3) is 5.91 Å². The predicted octanol–water partition coefficient (Wildman–Crippen LogP) is 0.0916. The molecule has 0 atom stereocenters. The summed E-state index contributed by atoms with van der Waals surface area (Å²) in [6, 6.07) is 4.29. The molecule has 9 nitrogen and oxygen atoms in total. The van der Waals surface area contributed by atoms with Crippen LogP contribution < -0.4 is 20.5 Å². The number of amides is 1. The zero-order valence-electron chi connectivity index (χ0n) is 12.4. The summed E-state index contributed by atoms with van der Waals surface area (Å²) in [6.07, 6.45) is 2.34. The van der Waals surface area contributed by atoms with E-state index in [1.807, 2.05) is 0 Å². The number of anilines is 1. The van der Waals surface area contributed by atoms with Crippen LogP contribution in [0.2, 0.25) is 0 Å². The molecule has 0 bridgehead atoms. The molecule has 1 amide bonds. The highest BCUT2D eigenvalue weighted by Crippen LogP contribution is 2.17. The van der Waals surface area contributed by atoms with E-state index in [2.05, 4.69) is 26.4 Å². The van der Waals surface area contributed by atoms with E-state index in [-0.39, 0.29) is 5.69 Å². The average Bonchev–Trinajstić information content (AvgIpc) is 3.00. The fraction of sp³-hybridized carbons (Fsp3) is 0.385. The molecule has 0 saturated heterocycles. The first-order valence-corrected chi connectivity index (χ1v) is 6.58. The van der Waals surface area contributed by atoms with Crippen LogP contribution in [0.1, 0.15) is 16.9 Å². The fourth-order valence-corrected chi connectivity index (χ4v) is 1.69. The van der Waals surface area contributed by atoms with Gasteiger partial charge in [-0.3, -0.25) is 9.48 Å². The number of hydrogen-bond acceptors (Lipinski definition) is 7. The molecule has 2 heterocycles. The molecule has 0 aliphatic heterocycles. The molecule has 2 aromatic heterocycles. The van der Waals surface area contributed by atoms with Crippen molar-refractivity contribution in [2.24, 2.45) is 5.73 Å². The van der Waals surface area contributed by atoms with Crippen molar-refractivity contribution in [2.75, 3.05) is 26.1 Å². The summed E-state index contributed by atoms with van der Waals surface area (Å²) in [5, 5.41) is 7.07. The van der Waals surface area contributed by atoms with E-state index in [0.717, 1.165) is 6.42 Å². The Hall–Kier alpha value is -2.84. The van der Waals surface area contributed by atoms with Gasteiger partial charge in [0.1, 0.15) is 0 Å². The van der Waals surface area contributed by atoms with Crippen molar-refractivity contribution >= 4 is 11.9 Å². The summed E-state index contributed by atoms with van der Waals surface area (Å²) < 4.78 is 11.7. The lowest BCUT2D eigenvalue weighted by molar-refractivity contribution is 0.0994. The van der Waals surface area contributed by atoms with Gasteiger partial charge in [-0.15, -0.1) is 0 Å². The molecule has 117 valence electrons. The molecule has 0 unspecified atom stereocenters. The van der Waals surface area contributed by atoms with Crippen molar-refractivity contribution in [1.82, 2.24) is 19.7 Å². The first-order chi connectivity index (χ1) is 10.6. The van der Waals surface area contributed by atoms with Crippen molar-refractivity contribution in [3.8, 4) is 11.8 Å². The minimum atomic E-state index is -0.589. The molecule has 0 fully saturated rings. The normalized spacial score (nSPS) is 10.3. The number of primary amides is 1. The zero-order valence-corrected chi connectivity index (χ0v) is 12.4. The van der Waals surface area contributed by atoms with Crippen molar-refractivity contribution in [3.05, 3.63) is 24.0 Å². The van der Waals surface area contributed by atoms with E-state index in [4.69, 9.17) is 15.2 Å². The summed E-state index contributed by atoms with van der Waals surface area (Å²) in [7, 11) is 3.05. The Balaban J connectivity index is 1.84. The van der Waals surface area contributed by atoms with Crippen LogP contribution in [-0.2, 0) is 6.54 Å². The van der Waals surface area contributed by atoms with Gasteiger partial charge in [0.2, 0.25) is 17.7 Å². The Morgan fingerprint density at radius 3 is 2.59 bits per heavy atom. The monoisotopic (exact) mass is 305 g/mol. The lowest BCUT2D eigenvalue weighted by atomic mass is 10.4. The standard InChI is InChI=1S/C13H17N6O3/c1-21-10-8-11(22-2)17-13(16-10)15-5-3-6-19-7-4-9(18-19)12(14)20/h7-8H,3,5-6H2,1-2H3,(H2,14,20)(H,15,16,17). The summed E-state index contributed by atoms with van der Waals surface area (Å²) >= 11 is 0. The third-order valence-electron chi connectivity index (χ3n) is 2.76. The minimum Gasteiger partial charge on any atom is -0.481 e. The summed E-state index contributed by atoms with van der Waals surface area (Å²) in [4.78, 5) is 19.2. The van der Waals surface area contributed by atoms with Crippen molar-refractivity contribution in [3.63, 3.8) is 0 Å². The van der Waals surface area contributed by atoms with Gasteiger partial charge in [0.05, 0.1) is 20.3 Å². The number of carbonyl (C=O) groups is 1. The smallest absolute Gasteiger partial charge is 0.269 e. The number of rotatable bonds is 8. The number of carbonyl (C=O) groups excluding carboxylic acids is 1. The molecule has 22 heavy (non-hydrogen) atoms. The largest absolute Gasteiger partial charge is 0.481 e. The fourth-order valence-electron chi connectivity index (χ4n) is 1.69. The Bertz CT molecular complexity index is 620. The summed E-state index contributed by atoms with van der Waals surface area (Å²) in [5.41, 5.74) is 5.25. The maximum Gasteiger partial charge on any atom is 0.269 e. The highest BCUT2D eigenvalue weighted by Gasteiger charge is 2.06. The number of ether oxygens (including phenoxy) is 2. The van der Waals surface area contributed by atoms with Crippen molar-refractivity contribution in [1.29, 1.82) is 0 Å². The Morgan fingerprint density at radius 2 is 2.05 bits per heavy atom. The van der Waals surface area contributed by atoms with Crippen molar-refractivity contribution in [2.45, 2.75) is 13.0 Å². The molecular weight excluding hydrogens is 288 g/mol. The van der Waals surface area contributed by atoms with E-state index < -0.39 is 5.91 Å². The summed E-state index contributed by atoms with van der Waals surface area (Å²) in [6.45, 7) is 1.22. The SMILES string of the molecule is COc1cc(OC)nc(NCCCn2c[c]c(C(N)=O)n2)n1. The van der Waals surface area contributed by atoms with Crippen LogP contribution >= 0.6 is 0 Å². The van der Waals surface area contributed by atoms with Crippen LogP contribution in [0.4, 0.5) is 5.95 Å². The lowest BCUT2D eigenvalue weighted by Crippen LogP contribution is -2.13. The van der Waals surface area contributed by atoms with Crippen molar-refractivity contribution < 1.29 is 14.3 Å². The van der Waals surface area contributed by atoms with Gasteiger partial charge in [0, 0.05) is 25.4 Å². The molecule has 0 aromatic carbocycles. The molecule has 9 heteroatoms. The molecule has 2 aromatic rings. The molecule has 3 N–H and O–H groups in total. The zero-order chi connectivity index (χ0) is 15.9. The average molecular weight is 305 g/mol. The Kier molecular flexibility index (Phi) is 5.12. The topological polar surface area (TPSA) is 117 Å². The van der Waals surface area contributed by atoms with E-state index in [1.54, 1.807) is 16.9 Å². The third kappa shape index (κ3) is 4.08. The second-order valence-electron chi connectivity index (χ2n) is 4.31. The van der Waals surface area contributed by atoms with E-state index >= 15 is 0 Å². The number of aryl methyl sites for hydroxylation is 1. The van der Waals surface area contributed by atoms with Gasteiger partial charge < -0.3 is 20.5 Å². The van der Waals surface area contributed by atoms with Gasteiger partial charge in [-0.25, -0.2) is 0 Å². The first-order valence-electron chi connectivity index (χ1n) is 6.58. The van der Waals surface area contributed by atoms with Crippen LogP contribution in [0, 0.1) is 6.07 Å². The highest BCUT2D eigenvalue weighted by molar-refractivity contribution is 5.90. The lowest BCUT2D eigenvalue weighted by Gasteiger charge is -2.08. The summed E-state index contributed by atoms with van der Waals surface area (Å²) in [5.74, 6) is 0.666. The van der Waals surface area contributed by atoms with Crippen LogP contribution in [0.15, 0.2) is 12.3 Å². The van der Waals surface area contributed by atoms with Crippen LogP contribution in [0.3, 0.4) is 0 Å². The number of hydrogen-bond donors (Lipinski definition) is 2. The second-order valence-corrected chi connectivity index (χ2v) is 4.31. The first kappa shape index (κ1) is 15.5. The molecule has 0 spiro atoms. The number of nitrogens with two attached hydrogens (primary N) is 1. The van der Waals surface area contributed by atoms with Gasteiger partial charge in [-0.05, 0) is 6.42 Å². The third-order valence-corrected chi connectivity index (χ3v) is 2.76. The highest BCUT2D eigenvalue weighted by atomic mass is 16.5. The number of nitrogens with zero attached hydrogens (tertiary/aromatic N) is 4. The van der Waals surface area contributed by atoms with Gasteiger partial charge in [-0.1, -0.05) is 0 Å². The molecular formula is C13H17N6O3. The number of aromatic nitrogens is 4. The van der Waals surface area contributed by atoms with Gasteiger partial charge in [-0.2, -0.15) is 15.1 Å². The Morgan fingerprint density at radius 1 is 1.36 bits per heavy atom. The maximum absolute atomic E-state index is 10.9. The Labute approximate surface area is 127 Å². The van der Waals surface area contributed by atoms with E-state index in [1.165, 1.54) is 14.2 Å². The predicted molar refractivity (Wildman–Crippen MR) is 77.8 cm³/mol. The maximum atomic E-state index is 10.9. The van der Waals surface area contributed by atoms with Crippen LogP contribution in [0.25, 0.3) is 0 Å². The van der Waals surface area contributed by atoms with E-state index in [9.17, 15) is 4.79 Å². The molecule has 1 radical (unpaired) electrons. The number of methoxy groups -OCH3 is 2. The second kappa shape index (κ2) is 7.25. The van der Waals surface area contributed by atoms with Crippen LogP contribution in [-0.4, -0.2) is 46.4 Å². The quantitative estimate of drug-likeness (QED) is 0.664.